The van der Waals surface area contributed by atoms with Crippen LogP contribution in [0.15, 0.2) is 64.7 Å². The van der Waals surface area contributed by atoms with Gasteiger partial charge >= 0.3 is 0 Å². The third kappa shape index (κ3) is 19.3. The van der Waals surface area contributed by atoms with Gasteiger partial charge in [-0.25, -0.2) is 0 Å². The minimum atomic E-state index is -1.67. The zero-order chi connectivity index (χ0) is 54.5. The van der Waals surface area contributed by atoms with Gasteiger partial charge in [-0.15, -0.1) is 0 Å². The zero-order valence-electron chi connectivity index (χ0n) is 41.9. The number of likely N-dealkylation sites (N-methyl/N-ethyl adjacent to an activating group) is 1. The number of hydrogen-bond acceptors (Lipinski definition) is 12. The second-order valence-electron chi connectivity index (χ2n) is 18.2. The van der Waals surface area contributed by atoms with Crippen LogP contribution in [0.25, 0.3) is 10.9 Å². The maximum Gasteiger partial charge on any atom is 0.245 e. The van der Waals surface area contributed by atoms with Gasteiger partial charge in [-0.2, -0.15) is 0 Å². The molecule has 0 radical (unpaired) electrons. The van der Waals surface area contributed by atoms with E-state index >= 15 is 0 Å². The Bertz CT molecular complexity index is 2430. The topological polar surface area (TPSA) is 437 Å². The van der Waals surface area contributed by atoms with Gasteiger partial charge in [0.2, 0.25) is 47.3 Å². The molecule has 0 spiro atoms. The van der Waals surface area contributed by atoms with Crippen LogP contribution in [0.1, 0.15) is 77.3 Å². The smallest absolute Gasteiger partial charge is 0.245 e. The Balaban J connectivity index is 1.88. The van der Waals surface area contributed by atoms with Gasteiger partial charge < -0.3 is 81.1 Å². The number of aromatic nitrogens is 1. The third-order valence-corrected chi connectivity index (χ3v) is 11.9. The van der Waals surface area contributed by atoms with Crippen LogP contribution in [0.2, 0.25) is 0 Å². The van der Waals surface area contributed by atoms with Crippen molar-refractivity contribution in [2.24, 2.45) is 56.2 Å². The predicted molar refractivity (Wildman–Crippen MR) is 273 cm³/mol. The number of aliphatic hydroxyl groups excluding tert-OH is 1. The number of hydrogen-bond donors (Lipinski definition) is 14. The molecule has 73 heavy (non-hydrogen) atoms. The number of nitrogens with one attached hydrogen (secondary N) is 6. The van der Waals surface area contributed by atoms with Gasteiger partial charge in [0, 0.05) is 56.0 Å². The highest BCUT2D eigenvalue weighted by atomic mass is 16.3. The SMILES string of the molecule is CC(Cc1c[nH]c2ccccc12)C(=O)N[C@H](C(=O)N[C@H](C(=O)N[C@@H](CCCN=C(N)N)C(=O)NC(CCC(N)=O)C(=O)N(C)[C@@H](CCCN=C(N)N)C(=O)NC(Cc1ccc(O)cc1)C(N)=O)[C@@H](C)O)C(C)C. The van der Waals surface area contributed by atoms with Crippen LogP contribution in [-0.4, -0.2) is 142 Å². The number of nitrogens with two attached hydrogens (primary N) is 6. The molecule has 2 aromatic carbocycles. The minimum absolute atomic E-state index is 0.00446. The first-order valence-electron chi connectivity index (χ1n) is 23.9. The maximum atomic E-state index is 14.4. The summed E-state index contributed by atoms with van der Waals surface area (Å²) < 4.78 is 0. The Hall–Kier alpha value is -7.96. The fourth-order valence-electron chi connectivity index (χ4n) is 7.80. The molecular weight excluding hydrogens is 947 g/mol. The molecule has 25 heteroatoms. The summed E-state index contributed by atoms with van der Waals surface area (Å²) in [4.78, 5) is 121. The third-order valence-electron chi connectivity index (χ3n) is 11.9. The number of fused-ring (bicyclic) bond motifs is 1. The number of H-pyrrole nitrogens is 1. The second kappa shape index (κ2) is 28.8. The number of phenols is 1. The molecule has 3 unspecified atom stereocenters. The highest BCUT2D eigenvalue weighted by molar-refractivity contribution is 5.97. The van der Waals surface area contributed by atoms with Crippen LogP contribution in [-0.2, 0) is 51.2 Å². The van der Waals surface area contributed by atoms with E-state index in [1.54, 1.807) is 20.8 Å². The van der Waals surface area contributed by atoms with Gasteiger partial charge in [-0.1, -0.05) is 51.1 Å². The van der Waals surface area contributed by atoms with Crippen LogP contribution in [0, 0.1) is 11.8 Å². The molecule has 8 atom stereocenters. The molecule has 0 fully saturated rings. The average Bonchev–Trinajstić information content (AvgIpc) is 3.73. The van der Waals surface area contributed by atoms with Crippen LogP contribution in [0.3, 0.4) is 0 Å². The number of aromatic hydroxyl groups is 1. The number of amides is 8. The van der Waals surface area contributed by atoms with Gasteiger partial charge in [0.25, 0.3) is 0 Å². The standard InChI is InChI=1S/C48H73N15O10/c1-25(2)38(61-41(68)26(3)22-29-24-57-32-11-7-6-10-31(29)32)44(71)62-39(27(4)64)45(72)58-33(12-8-20-55-47(51)52)42(69)59-34(18-19-37(49)66)46(73)63(5)36(13-9-21-56-48(53)54)43(70)60-35(40(50)67)23-28-14-16-30(65)17-15-28/h6-7,10-11,14-17,24-27,33-36,38-39,57,64-65H,8-9,12-13,18-23H2,1-5H3,(H2,49,66)(H2,50,67)(H,58,72)(H,59,69)(H,60,70)(H,61,68)(H,62,71)(H4,51,52,55)(H4,53,54,56)/t26?,27-,33+,34?,35?,36+,38+,39+/m1/s1. The molecule has 0 saturated heterocycles. The number of para-hydroxylation sites is 1. The molecule has 25 nitrogen and oxygen atoms in total. The maximum absolute atomic E-state index is 14.4. The first kappa shape index (κ1) is 59.3. The highest BCUT2D eigenvalue weighted by Gasteiger charge is 2.37. The molecule has 1 aromatic heterocycles. The number of benzene rings is 2. The van der Waals surface area contributed by atoms with Crippen molar-refractivity contribution in [1.29, 1.82) is 0 Å². The number of phenolic OH excluding ortho intramolecular Hbond substituents is 1. The number of guanidine groups is 2. The van der Waals surface area contributed by atoms with Crippen LogP contribution >= 0.6 is 0 Å². The van der Waals surface area contributed by atoms with E-state index in [1.807, 2.05) is 30.5 Å². The van der Waals surface area contributed by atoms with Gasteiger partial charge in [0.15, 0.2) is 11.9 Å². The number of aromatic amines is 1. The minimum Gasteiger partial charge on any atom is -0.508 e. The Morgan fingerprint density at radius 2 is 1.21 bits per heavy atom. The number of aliphatic imine (C=N–C) groups is 2. The Kier molecular flexibility index (Phi) is 23.4. The largest absolute Gasteiger partial charge is 0.508 e. The summed E-state index contributed by atoms with van der Waals surface area (Å²) in [7, 11) is 1.26. The van der Waals surface area contributed by atoms with Crippen LogP contribution < -0.4 is 61.0 Å². The fraction of sp³-hybridized carbons (Fsp3) is 0.500. The first-order valence-corrected chi connectivity index (χ1v) is 23.9. The van der Waals surface area contributed by atoms with Crippen molar-refractivity contribution in [2.75, 3.05) is 20.1 Å². The van der Waals surface area contributed by atoms with E-state index in [4.69, 9.17) is 34.4 Å². The molecule has 1 heterocycles. The van der Waals surface area contributed by atoms with Crippen molar-refractivity contribution in [2.45, 2.75) is 121 Å². The summed E-state index contributed by atoms with van der Waals surface area (Å²) in [6, 6.07) is 4.98. The highest BCUT2D eigenvalue weighted by Crippen LogP contribution is 2.21. The van der Waals surface area contributed by atoms with Crippen LogP contribution in [0.4, 0.5) is 0 Å². The first-order chi connectivity index (χ1) is 34.4. The summed E-state index contributed by atoms with van der Waals surface area (Å²) in [5, 5.41) is 34.5. The van der Waals surface area contributed by atoms with Crippen molar-refractivity contribution in [1.82, 2.24) is 36.5 Å². The molecule has 400 valence electrons. The molecule has 0 bridgehead atoms. The van der Waals surface area contributed by atoms with Gasteiger partial charge in [-0.05, 0) is 80.7 Å². The van der Waals surface area contributed by atoms with Gasteiger partial charge in [-0.3, -0.25) is 48.3 Å². The van der Waals surface area contributed by atoms with E-state index in [-0.39, 0.29) is 69.3 Å². The molecule has 0 saturated carbocycles. The number of rotatable bonds is 30. The van der Waals surface area contributed by atoms with E-state index in [0.717, 1.165) is 21.4 Å². The Morgan fingerprint density at radius 1 is 0.644 bits per heavy atom. The van der Waals surface area contributed by atoms with Crippen molar-refractivity contribution >= 4 is 70.1 Å². The van der Waals surface area contributed by atoms with Gasteiger partial charge in [0.05, 0.1) is 6.10 Å². The molecule has 3 rings (SSSR count). The molecule has 0 aliphatic rings. The Morgan fingerprint density at radius 3 is 1.78 bits per heavy atom. The second-order valence-corrected chi connectivity index (χ2v) is 18.2. The lowest BCUT2D eigenvalue weighted by molar-refractivity contribution is -0.143. The number of primary amides is 2. The molecule has 20 N–H and O–H groups in total. The van der Waals surface area contributed by atoms with Crippen molar-refractivity contribution in [3.05, 3.63) is 65.9 Å². The van der Waals surface area contributed by atoms with Crippen molar-refractivity contribution in [3.8, 4) is 5.75 Å². The fourth-order valence-corrected chi connectivity index (χ4v) is 7.80. The monoisotopic (exact) mass is 1020 g/mol. The normalized spacial score (nSPS) is 14.4. The predicted octanol–water partition coefficient (Wildman–Crippen LogP) is -2.56. The summed E-state index contributed by atoms with van der Waals surface area (Å²) in [6.07, 6.45) is -0.237. The number of carbonyl (C=O) groups is 8. The molecular formula is C48H73N15O10. The lowest BCUT2D eigenvalue weighted by atomic mass is 9.97. The Labute approximate surface area is 423 Å². The summed E-state index contributed by atoms with van der Waals surface area (Å²) in [5.74, 6) is -8.21. The summed E-state index contributed by atoms with van der Waals surface area (Å²) >= 11 is 0. The molecule has 0 aliphatic heterocycles. The molecule has 0 aliphatic carbocycles. The summed E-state index contributed by atoms with van der Waals surface area (Å²) in [5.41, 5.74) is 35.5. The van der Waals surface area contributed by atoms with E-state index in [2.05, 4.69) is 41.6 Å². The average molecular weight is 1020 g/mol. The van der Waals surface area contributed by atoms with E-state index in [9.17, 15) is 48.6 Å². The zero-order valence-corrected chi connectivity index (χ0v) is 41.9. The van der Waals surface area contributed by atoms with E-state index in [0.29, 0.717) is 12.0 Å². The summed E-state index contributed by atoms with van der Waals surface area (Å²) in [6.45, 7) is 6.37. The quantitative estimate of drug-likeness (QED) is 0.0186. The van der Waals surface area contributed by atoms with E-state index in [1.165, 1.54) is 38.2 Å². The number of carbonyl (C=O) groups excluding carboxylic acids is 8. The molecule has 3 aromatic rings. The van der Waals surface area contributed by atoms with E-state index < -0.39 is 108 Å². The molecule has 8 amide bonds. The van der Waals surface area contributed by atoms with Crippen LogP contribution in [0.5, 0.6) is 5.75 Å². The van der Waals surface area contributed by atoms with Gasteiger partial charge in [0.1, 0.15) is 42.0 Å². The van der Waals surface area contributed by atoms with Crippen molar-refractivity contribution in [3.63, 3.8) is 0 Å². The number of nitrogens with zero attached hydrogens (tertiary/aromatic N) is 3. The number of aliphatic hydroxyl groups is 1. The van der Waals surface area contributed by atoms with Crippen molar-refractivity contribution < 1.29 is 48.6 Å². The lowest BCUT2D eigenvalue weighted by Gasteiger charge is -2.32. The lowest BCUT2D eigenvalue weighted by Crippen LogP contribution is -2.62.